The van der Waals surface area contributed by atoms with E-state index < -0.39 is 11.6 Å². The van der Waals surface area contributed by atoms with Crippen molar-refractivity contribution in [3.63, 3.8) is 0 Å². The Balaban J connectivity index is 0.00000186. The van der Waals surface area contributed by atoms with Gasteiger partial charge in [-0.2, -0.15) is 9.97 Å². The smallest absolute Gasteiger partial charge is 0.319 e. The van der Waals surface area contributed by atoms with E-state index in [-0.39, 0.29) is 57.4 Å². The van der Waals surface area contributed by atoms with Crippen molar-refractivity contribution in [2.75, 3.05) is 64.4 Å². The lowest BCUT2D eigenvalue weighted by Gasteiger charge is -2.37. The minimum Gasteiger partial charge on any atom is -0.508 e. The van der Waals surface area contributed by atoms with Crippen LogP contribution in [0.1, 0.15) is 39.5 Å². The Morgan fingerprint density at radius 3 is 2.76 bits per heavy atom. The summed E-state index contributed by atoms with van der Waals surface area (Å²) in [6, 6.07) is 10.8. The first-order valence-electron chi connectivity index (χ1n) is 17.4. The highest BCUT2D eigenvalue weighted by molar-refractivity contribution is 6.01. The minimum absolute atomic E-state index is 0.00901. The molecule has 0 aliphatic carbocycles. The van der Waals surface area contributed by atoms with Gasteiger partial charge >= 0.3 is 6.01 Å². The van der Waals surface area contributed by atoms with Crippen LogP contribution < -0.4 is 15.0 Å². The molecule has 12 heteroatoms. The molecular formula is C37H44F2N6O4. The van der Waals surface area contributed by atoms with Crippen LogP contribution in [0.15, 0.2) is 42.5 Å². The molecule has 0 radical (unpaired) electrons. The molecule has 260 valence electrons. The number of nitrogens with zero attached hydrogens (tertiary/aromatic N) is 5. The van der Waals surface area contributed by atoms with Crippen LogP contribution in [0.25, 0.3) is 32.8 Å². The SMILES string of the molecule is CC.CN1CC2CN(CCN2)c2nc(nc3c(F)c(-c4cc(O)cc5cccc(F)c45)ccc23)OCC23CCCN2CC(C3)OCCC1=O. The van der Waals surface area contributed by atoms with E-state index in [1.807, 2.05) is 20.9 Å². The molecular weight excluding hydrogens is 630 g/mol. The molecule has 4 aliphatic rings. The largest absolute Gasteiger partial charge is 0.508 e. The lowest BCUT2D eigenvalue weighted by atomic mass is 9.94. The highest BCUT2D eigenvalue weighted by Crippen LogP contribution is 2.42. The Bertz CT molecular complexity index is 1880. The number of phenols is 1. The minimum atomic E-state index is -0.649. The van der Waals surface area contributed by atoms with Crippen molar-refractivity contribution in [1.29, 1.82) is 0 Å². The number of aromatic nitrogens is 2. The number of anilines is 1. The maximum absolute atomic E-state index is 16.8. The van der Waals surface area contributed by atoms with Gasteiger partial charge in [-0.15, -0.1) is 0 Å². The van der Waals surface area contributed by atoms with Gasteiger partial charge in [-0.25, -0.2) is 8.78 Å². The molecule has 3 fully saturated rings. The molecule has 10 nitrogen and oxygen atoms in total. The molecule has 3 saturated heterocycles. The Hall–Kier alpha value is -4.13. The fourth-order valence-corrected chi connectivity index (χ4v) is 8.07. The molecule has 1 spiro atoms. The molecule has 1 amide bonds. The number of halogens is 2. The van der Waals surface area contributed by atoms with E-state index in [0.29, 0.717) is 62.4 Å². The molecule has 49 heavy (non-hydrogen) atoms. The molecule has 6 bridgehead atoms. The van der Waals surface area contributed by atoms with Crippen molar-refractivity contribution >= 4 is 33.4 Å². The van der Waals surface area contributed by atoms with Crippen LogP contribution in [0.3, 0.4) is 0 Å². The number of carbonyl (C=O) groups excluding carboxylic acids is 1. The summed E-state index contributed by atoms with van der Waals surface area (Å²) in [5.41, 5.74) is 0.158. The van der Waals surface area contributed by atoms with Crippen molar-refractivity contribution in [1.82, 2.24) is 25.1 Å². The van der Waals surface area contributed by atoms with Gasteiger partial charge in [-0.1, -0.05) is 32.0 Å². The summed E-state index contributed by atoms with van der Waals surface area (Å²) in [5.74, 6) is -0.680. The fourth-order valence-electron chi connectivity index (χ4n) is 8.07. The Morgan fingerprint density at radius 2 is 1.90 bits per heavy atom. The zero-order chi connectivity index (χ0) is 34.3. The van der Waals surface area contributed by atoms with Gasteiger partial charge in [0.05, 0.1) is 24.7 Å². The molecule has 3 aromatic carbocycles. The van der Waals surface area contributed by atoms with Crippen molar-refractivity contribution in [2.24, 2.45) is 0 Å². The number of piperazine rings is 1. The molecule has 3 unspecified atom stereocenters. The second-order valence-corrected chi connectivity index (χ2v) is 13.4. The number of benzene rings is 3. The monoisotopic (exact) mass is 674 g/mol. The third kappa shape index (κ3) is 6.26. The number of hydrogen-bond acceptors (Lipinski definition) is 9. The lowest BCUT2D eigenvalue weighted by molar-refractivity contribution is -0.131. The summed E-state index contributed by atoms with van der Waals surface area (Å²) in [7, 11) is 1.81. The van der Waals surface area contributed by atoms with Gasteiger partial charge in [0.1, 0.15) is 29.5 Å². The maximum atomic E-state index is 16.8. The number of hydrogen-bond donors (Lipinski definition) is 2. The van der Waals surface area contributed by atoms with Crippen LogP contribution in [-0.4, -0.2) is 108 Å². The van der Waals surface area contributed by atoms with Crippen molar-refractivity contribution in [2.45, 2.75) is 57.2 Å². The lowest BCUT2D eigenvalue weighted by Crippen LogP contribution is -2.55. The van der Waals surface area contributed by atoms with Gasteiger partial charge in [0.25, 0.3) is 0 Å². The normalized spacial score (nSPS) is 24.7. The second kappa shape index (κ2) is 13.6. The number of ether oxygens (including phenoxy) is 2. The first-order chi connectivity index (χ1) is 23.8. The van der Waals surface area contributed by atoms with Crippen molar-refractivity contribution in [3.8, 4) is 22.9 Å². The predicted octanol–water partition coefficient (Wildman–Crippen LogP) is 5.10. The van der Waals surface area contributed by atoms with Crippen LogP contribution >= 0.6 is 0 Å². The summed E-state index contributed by atoms with van der Waals surface area (Å²) in [6.45, 7) is 8.69. The van der Waals surface area contributed by atoms with Gasteiger partial charge in [0, 0.05) is 62.1 Å². The molecule has 3 atom stereocenters. The summed E-state index contributed by atoms with van der Waals surface area (Å²) >= 11 is 0. The first kappa shape index (κ1) is 33.4. The second-order valence-electron chi connectivity index (χ2n) is 13.4. The number of phenolic OH excluding ortho intramolecular Hbond substituents is 1. The van der Waals surface area contributed by atoms with E-state index in [4.69, 9.17) is 14.5 Å². The standard InChI is InChI=1S/C35H38F2N6O4.C2H6/c1-41-17-22-18-42(12-10-38-22)33-26-7-6-25(27-15-23(44)14-21-4-2-5-28(36)30(21)27)31(37)32(26)39-34(40-33)47-20-35-9-3-11-43(35)19-24(16-35)46-13-8-29(41)45;1-2/h2,4-7,14-15,22,24,38,44H,3,8-13,16-20H2,1H3;1-2H3. The quantitative estimate of drug-likeness (QED) is 0.286. The Morgan fingerprint density at radius 1 is 1.04 bits per heavy atom. The topological polar surface area (TPSA) is 103 Å². The van der Waals surface area contributed by atoms with E-state index >= 15 is 8.78 Å². The Labute approximate surface area is 285 Å². The fraction of sp³-hybridized carbons (Fsp3) is 0.486. The van der Waals surface area contributed by atoms with Gasteiger partial charge in [-0.3, -0.25) is 9.69 Å². The summed E-state index contributed by atoms with van der Waals surface area (Å²) in [4.78, 5) is 28.8. The van der Waals surface area contributed by atoms with E-state index in [0.717, 1.165) is 32.4 Å². The molecule has 0 saturated carbocycles. The predicted molar refractivity (Wildman–Crippen MR) is 185 cm³/mol. The van der Waals surface area contributed by atoms with Crippen molar-refractivity contribution < 1.29 is 28.2 Å². The molecule has 5 heterocycles. The maximum Gasteiger partial charge on any atom is 0.319 e. The number of carbonyl (C=O) groups is 1. The zero-order valence-electron chi connectivity index (χ0n) is 28.3. The van der Waals surface area contributed by atoms with E-state index in [1.54, 1.807) is 29.2 Å². The van der Waals surface area contributed by atoms with E-state index in [2.05, 4.69) is 20.1 Å². The number of aromatic hydroxyl groups is 1. The van der Waals surface area contributed by atoms with Gasteiger partial charge in [0.15, 0.2) is 5.82 Å². The summed E-state index contributed by atoms with van der Waals surface area (Å²) in [5, 5.41) is 15.2. The third-order valence-electron chi connectivity index (χ3n) is 10.4. The number of amides is 1. The molecule has 4 aromatic rings. The van der Waals surface area contributed by atoms with Crippen LogP contribution in [0, 0.1) is 11.6 Å². The molecule has 4 aliphatic heterocycles. The summed E-state index contributed by atoms with van der Waals surface area (Å²) < 4.78 is 44.6. The third-order valence-corrected chi connectivity index (χ3v) is 10.4. The zero-order valence-corrected chi connectivity index (χ0v) is 28.3. The van der Waals surface area contributed by atoms with E-state index in [9.17, 15) is 9.90 Å². The van der Waals surface area contributed by atoms with Gasteiger partial charge < -0.3 is 29.7 Å². The number of nitrogens with one attached hydrogen (secondary N) is 1. The van der Waals surface area contributed by atoms with Crippen LogP contribution in [0.2, 0.25) is 0 Å². The average Bonchev–Trinajstić information content (AvgIpc) is 3.65. The van der Waals surface area contributed by atoms with Crippen LogP contribution in [-0.2, 0) is 9.53 Å². The molecule has 2 N–H and O–H groups in total. The Kier molecular flexibility index (Phi) is 9.29. The molecule has 1 aromatic heterocycles. The number of likely N-dealkylation sites (N-methyl/N-ethyl adjacent to an activating group) is 1. The number of fused-ring (bicyclic) bond motifs is 9. The van der Waals surface area contributed by atoms with Crippen molar-refractivity contribution in [3.05, 3.63) is 54.1 Å². The van der Waals surface area contributed by atoms with Gasteiger partial charge in [-0.05, 0) is 61.0 Å². The highest BCUT2D eigenvalue weighted by Gasteiger charge is 2.49. The number of rotatable bonds is 1. The van der Waals surface area contributed by atoms with Crippen LogP contribution in [0.4, 0.5) is 14.6 Å². The first-order valence-corrected chi connectivity index (χ1v) is 17.4. The van der Waals surface area contributed by atoms with E-state index in [1.165, 1.54) is 18.2 Å². The van der Waals surface area contributed by atoms with Gasteiger partial charge in [0.2, 0.25) is 5.91 Å². The highest BCUT2D eigenvalue weighted by atomic mass is 19.1. The van der Waals surface area contributed by atoms with Crippen LogP contribution in [0.5, 0.6) is 11.8 Å². The summed E-state index contributed by atoms with van der Waals surface area (Å²) in [6.07, 6.45) is 3.06. The molecule has 8 rings (SSSR count). The average molecular weight is 675 g/mol.